The molecule has 0 aliphatic heterocycles. The van der Waals surface area contributed by atoms with E-state index in [1.54, 1.807) is 13.3 Å². The van der Waals surface area contributed by atoms with Crippen LogP contribution in [0.4, 0.5) is 0 Å². The number of aliphatic hydroxyl groups is 1. The van der Waals surface area contributed by atoms with E-state index >= 15 is 0 Å². The fourth-order valence-corrected chi connectivity index (χ4v) is 2.74. The Hall–Kier alpha value is -1.33. The van der Waals surface area contributed by atoms with E-state index in [2.05, 4.69) is 28.0 Å². The Labute approximate surface area is 127 Å². The molecule has 108 valence electrons. The third kappa shape index (κ3) is 3.41. The number of rotatable bonds is 6. The highest BCUT2D eigenvalue weighted by Crippen LogP contribution is 2.26. The van der Waals surface area contributed by atoms with Crippen molar-refractivity contribution in [3.8, 4) is 5.75 Å². The molecule has 0 amide bonds. The summed E-state index contributed by atoms with van der Waals surface area (Å²) in [6.45, 7) is 2.90. The first-order valence-corrected chi connectivity index (χ1v) is 7.47. The number of aryl methyl sites for hydroxylation is 1. The number of aromatic nitrogens is 2. The predicted molar refractivity (Wildman–Crippen MR) is 81.9 cm³/mol. The smallest absolute Gasteiger partial charge is 0.118 e. The van der Waals surface area contributed by atoms with Crippen LogP contribution in [-0.4, -0.2) is 22.0 Å². The Kier molecular flexibility index (Phi) is 5.20. The summed E-state index contributed by atoms with van der Waals surface area (Å²) in [4.78, 5) is 0. The van der Waals surface area contributed by atoms with Gasteiger partial charge in [0.15, 0.2) is 0 Å². The molecule has 0 aliphatic rings. The minimum Gasteiger partial charge on any atom is -0.497 e. The van der Waals surface area contributed by atoms with Gasteiger partial charge in [0.25, 0.3) is 0 Å². The SMILES string of the molecule is CCCn1ncc(Br)c1C(O)Cc1ccc(OC)cc1. The van der Waals surface area contributed by atoms with Gasteiger partial charge < -0.3 is 9.84 Å². The van der Waals surface area contributed by atoms with Gasteiger partial charge in [-0.3, -0.25) is 4.68 Å². The number of nitrogens with zero attached hydrogens (tertiary/aromatic N) is 2. The summed E-state index contributed by atoms with van der Waals surface area (Å²) in [6.07, 6.45) is 2.70. The van der Waals surface area contributed by atoms with Gasteiger partial charge in [0.05, 0.1) is 23.5 Å². The molecule has 1 aromatic heterocycles. The molecule has 0 saturated carbocycles. The van der Waals surface area contributed by atoms with Crippen LogP contribution in [0, 0.1) is 0 Å². The average molecular weight is 339 g/mol. The monoisotopic (exact) mass is 338 g/mol. The number of benzene rings is 1. The Morgan fingerprint density at radius 2 is 2.05 bits per heavy atom. The van der Waals surface area contributed by atoms with Crippen molar-refractivity contribution in [1.82, 2.24) is 9.78 Å². The maximum atomic E-state index is 10.5. The Balaban J connectivity index is 2.14. The summed E-state index contributed by atoms with van der Waals surface area (Å²) in [5.74, 6) is 0.820. The quantitative estimate of drug-likeness (QED) is 0.878. The molecule has 5 heteroatoms. The minimum atomic E-state index is -0.577. The molecule has 0 saturated heterocycles. The van der Waals surface area contributed by atoms with Crippen LogP contribution in [0.25, 0.3) is 0 Å². The van der Waals surface area contributed by atoms with Crippen molar-refractivity contribution in [1.29, 1.82) is 0 Å². The highest BCUT2D eigenvalue weighted by atomic mass is 79.9. The van der Waals surface area contributed by atoms with Gasteiger partial charge in [-0.15, -0.1) is 0 Å². The lowest BCUT2D eigenvalue weighted by atomic mass is 10.1. The van der Waals surface area contributed by atoms with Crippen molar-refractivity contribution in [2.75, 3.05) is 7.11 Å². The summed E-state index contributed by atoms with van der Waals surface area (Å²) < 4.78 is 7.85. The Morgan fingerprint density at radius 1 is 1.35 bits per heavy atom. The molecule has 0 fully saturated rings. The summed E-state index contributed by atoms with van der Waals surface area (Å²) in [5.41, 5.74) is 1.90. The molecular weight excluding hydrogens is 320 g/mol. The molecule has 0 aliphatic carbocycles. The second-order valence-electron chi connectivity index (χ2n) is 4.67. The number of hydrogen-bond donors (Lipinski definition) is 1. The number of methoxy groups -OCH3 is 1. The molecule has 0 bridgehead atoms. The van der Waals surface area contributed by atoms with E-state index in [-0.39, 0.29) is 0 Å². The van der Waals surface area contributed by atoms with Gasteiger partial charge >= 0.3 is 0 Å². The standard InChI is InChI=1S/C15H19BrN2O2/c1-3-8-18-15(13(16)10-17-18)14(19)9-11-4-6-12(20-2)7-5-11/h4-7,10,14,19H,3,8-9H2,1-2H3. The number of ether oxygens (including phenoxy) is 1. The van der Waals surface area contributed by atoms with Crippen LogP contribution in [0.1, 0.15) is 30.7 Å². The number of halogens is 1. The summed E-state index contributed by atoms with van der Waals surface area (Å²) in [5, 5.41) is 14.7. The molecule has 20 heavy (non-hydrogen) atoms. The predicted octanol–water partition coefficient (Wildman–Crippen LogP) is 3.34. The van der Waals surface area contributed by atoms with Crippen LogP contribution in [-0.2, 0) is 13.0 Å². The second kappa shape index (κ2) is 6.90. The van der Waals surface area contributed by atoms with E-state index in [0.717, 1.165) is 34.4 Å². The third-order valence-corrected chi connectivity index (χ3v) is 3.78. The summed E-state index contributed by atoms with van der Waals surface area (Å²) in [7, 11) is 1.64. The first-order chi connectivity index (χ1) is 9.65. The van der Waals surface area contributed by atoms with Crippen LogP contribution in [0.5, 0.6) is 5.75 Å². The van der Waals surface area contributed by atoms with Crippen molar-refractivity contribution >= 4 is 15.9 Å². The highest BCUT2D eigenvalue weighted by molar-refractivity contribution is 9.10. The van der Waals surface area contributed by atoms with Crippen molar-refractivity contribution in [2.24, 2.45) is 0 Å². The first kappa shape index (κ1) is 15.1. The van der Waals surface area contributed by atoms with Crippen LogP contribution in [0.15, 0.2) is 34.9 Å². The first-order valence-electron chi connectivity index (χ1n) is 6.68. The molecule has 1 aromatic carbocycles. The van der Waals surface area contributed by atoms with Crippen molar-refractivity contribution in [3.05, 3.63) is 46.2 Å². The fraction of sp³-hybridized carbons (Fsp3) is 0.400. The molecule has 0 spiro atoms. The summed E-state index contributed by atoms with van der Waals surface area (Å²) in [6, 6.07) is 7.74. The van der Waals surface area contributed by atoms with Gasteiger partial charge in [0, 0.05) is 13.0 Å². The average Bonchev–Trinajstić information content (AvgIpc) is 2.81. The van der Waals surface area contributed by atoms with E-state index < -0.39 is 6.10 Å². The van der Waals surface area contributed by atoms with Gasteiger partial charge in [-0.2, -0.15) is 5.10 Å². The van der Waals surface area contributed by atoms with Crippen molar-refractivity contribution in [3.63, 3.8) is 0 Å². The molecule has 4 nitrogen and oxygen atoms in total. The maximum Gasteiger partial charge on any atom is 0.118 e. The summed E-state index contributed by atoms with van der Waals surface area (Å²) >= 11 is 3.46. The molecule has 0 radical (unpaired) electrons. The van der Waals surface area contributed by atoms with E-state index in [1.165, 1.54) is 0 Å². The molecule has 2 aromatic rings. The van der Waals surface area contributed by atoms with Crippen molar-refractivity contribution < 1.29 is 9.84 Å². The van der Waals surface area contributed by atoms with Crippen LogP contribution < -0.4 is 4.74 Å². The van der Waals surface area contributed by atoms with Crippen LogP contribution in [0.2, 0.25) is 0 Å². The Bertz CT molecular complexity index is 552. The number of hydrogen-bond acceptors (Lipinski definition) is 3. The molecular formula is C15H19BrN2O2. The molecule has 1 atom stereocenters. The zero-order valence-electron chi connectivity index (χ0n) is 11.7. The zero-order valence-corrected chi connectivity index (χ0v) is 13.3. The van der Waals surface area contributed by atoms with E-state index in [0.29, 0.717) is 6.42 Å². The third-order valence-electron chi connectivity index (χ3n) is 3.17. The van der Waals surface area contributed by atoms with Gasteiger partial charge in [-0.1, -0.05) is 19.1 Å². The van der Waals surface area contributed by atoms with Gasteiger partial charge in [0.1, 0.15) is 11.9 Å². The largest absolute Gasteiger partial charge is 0.497 e. The van der Waals surface area contributed by atoms with Gasteiger partial charge in [-0.05, 0) is 40.0 Å². The Morgan fingerprint density at radius 3 is 2.65 bits per heavy atom. The van der Waals surface area contributed by atoms with Crippen LogP contribution >= 0.6 is 15.9 Å². The molecule has 1 N–H and O–H groups in total. The fourth-order valence-electron chi connectivity index (χ4n) is 2.17. The second-order valence-corrected chi connectivity index (χ2v) is 5.52. The van der Waals surface area contributed by atoms with E-state index in [4.69, 9.17) is 4.74 Å². The van der Waals surface area contributed by atoms with Crippen LogP contribution in [0.3, 0.4) is 0 Å². The lowest BCUT2D eigenvalue weighted by Crippen LogP contribution is -2.11. The normalized spacial score (nSPS) is 12.4. The molecule has 1 heterocycles. The zero-order chi connectivity index (χ0) is 14.5. The molecule has 1 unspecified atom stereocenters. The molecule has 2 rings (SSSR count). The lowest BCUT2D eigenvalue weighted by molar-refractivity contribution is 0.165. The lowest BCUT2D eigenvalue weighted by Gasteiger charge is -2.14. The van der Waals surface area contributed by atoms with Gasteiger partial charge in [0.2, 0.25) is 0 Å². The highest BCUT2D eigenvalue weighted by Gasteiger charge is 2.18. The van der Waals surface area contributed by atoms with Gasteiger partial charge in [-0.25, -0.2) is 0 Å². The van der Waals surface area contributed by atoms with E-state index in [9.17, 15) is 5.11 Å². The van der Waals surface area contributed by atoms with Crippen molar-refractivity contribution in [2.45, 2.75) is 32.4 Å². The topological polar surface area (TPSA) is 47.3 Å². The maximum absolute atomic E-state index is 10.5. The van der Waals surface area contributed by atoms with E-state index in [1.807, 2.05) is 28.9 Å². The number of aliphatic hydroxyl groups excluding tert-OH is 1. The minimum absolute atomic E-state index is 0.554.